The van der Waals surface area contributed by atoms with E-state index in [2.05, 4.69) is 14.2 Å². The fraction of sp³-hybridized carbons (Fsp3) is 0.0556. The van der Waals surface area contributed by atoms with Gasteiger partial charge in [-0.3, -0.25) is 9.44 Å². The number of thiophene rings is 1. The normalized spacial score (nSPS) is 11.7. The molecule has 0 fully saturated rings. The number of carbonyl (C=O) groups excluding carboxylic acids is 1. The van der Waals surface area contributed by atoms with Crippen LogP contribution in [0.15, 0.2) is 63.7 Å². The van der Waals surface area contributed by atoms with Gasteiger partial charge in [-0.15, -0.1) is 11.3 Å². The highest BCUT2D eigenvalue weighted by Gasteiger charge is 2.25. The van der Waals surface area contributed by atoms with Crippen LogP contribution in [0.4, 0.5) is 20.2 Å². The van der Waals surface area contributed by atoms with Crippen LogP contribution in [0.3, 0.4) is 0 Å². The van der Waals surface area contributed by atoms with E-state index in [1.54, 1.807) is 0 Å². The average Bonchev–Trinajstić information content (AvgIpc) is 3.21. The Hall–Kier alpha value is -3.03. The Morgan fingerprint density at radius 3 is 2.00 bits per heavy atom. The number of anilines is 2. The number of hydrogen-bond donors (Lipinski definition) is 2. The quantitative estimate of drug-likeness (QED) is 0.492. The van der Waals surface area contributed by atoms with E-state index in [9.17, 15) is 30.4 Å². The Kier molecular flexibility index (Phi) is 6.29. The summed E-state index contributed by atoms with van der Waals surface area (Å²) in [5.74, 6) is -3.29. The van der Waals surface area contributed by atoms with Crippen LogP contribution in [0.25, 0.3) is 0 Å². The van der Waals surface area contributed by atoms with Gasteiger partial charge in [0.05, 0.1) is 12.0 Å². The van der Waals surface area contributed by atoms with E-state index in [0.717, 1.165) is 24.5 Å². The lowest BCUT2D eigenvalue weighted by Crippen LogP contribution is -2.16. The maximum Gasteiger partial charge on any atom is 0.349 e. The van der Waals surface area contributed by atoms with E-state index in [4.69, 9.17) is 0 Å². The molecule has 0 saturated carbocycles. The van der Waals surface area contributed by atoms with Crippen LogP contribution >= 0.6 is 11.3 Å². The van der Waals surface area contributed by atoms with Gasteiger partial charge in [-0.25, -0.2) is 30.4 Å². The number of nitrogens with one attached hydrogen (secondary N) is 2. The van der Waals surface area contributed by atoms with Crippen molar-refractivity contribution in [2.45, 2.75) is 9.79 Å². The lowest BCUT2D eigenvalue weighted by atomic mass is 10.3. The van der Waals surface area contributed by atoms with Gasteiger partial charge in [-0.1, -0.05) is 0 Å². The highest BCUT2D eigenvalue weighted by Crippen LogP contribution is 2.26. The molecule has 13 heteroatoms. The third kappa shape index (κ3) is 5.00. The number of halogens is 2. The number of sulfonamides is 2. The van der Waals surface area contributed by atoms with Crippen molar-refractivity contribution in [2.75, 3.05) is 16.6 Å². The van der Waals surface area contributed by atoms with Crippen molar-refractivity contribution < 1.29 is 35.1 Å². The van der Waals surface area contributed by atoms with Gasteiger partial charge in [0.2, 0.25) is 0 Å². The molecule has 0 radical (unpaired) electrons. The Bertz CT molecular complexity index is 1340. The average molecular weight is 489 g/mol. The third-order valence-electron chi connectivity index (χ3n) is 3.88. The van der Waals surface area contributed by atoms with Gasteiger partial charge in [0.25, 0.3) is 20.0 Å². The monoisotopic (exact) mass is 488 g/mol. The lowest BCUT2D eigenvalue weighted by molar-refractivity contribution is 0.0602. The number of benzene rings is 2. The number of esters is 1. The first-order valence-corrected chi connectivity index (χ1v) is 12.1. The largest absolute Gasteiger partial charge is 0.465 e. The van der Waals surface area contributed by atoms with E-state index in [0.29, 0.717) is 12.1 Å². The zero-order valence-corrected chi connectivity index (χ0v) is 18.1. The minimum atomic E-state index is -4.20. The molecule has 164 valence electrons. The van der Waals surface area contributed by atoms with E-state index in [-0.39, 0.29) is 21.1 Å². The summed E-state index contributed by atoms with van der Waals surface area (Å²) in [5, 5.41) is 1.43. The molecular formula is C18H14F2N2O6S3. The molecule has 0 aliphatic rings. The Morgan fingerprint density at radius 1 is 0.871 bits per heavy atom. The summed E-state index contributed by atoms with van der Waals surface area (Å²) in [6, 6.07) is 8.49. The molecule has 0 saturated heterocycles. The topological polar surface area (TPSA) is 119 Å². The first kappa shape index (κ1) is 22.7. The SMILES string of the molecule is COC(=O)c1sccc1S(=O)(=O)Nc1ccc(NS(=O)(=O)c2ccc(F)c(F)c2)cc1. The molecule has 31 heavy (non-hydrogen) atoms. The molecule has 1 heterocycles. The molecule has 0 bridgehead atoms. The highest BCUT2D eigenvalue weighted by atomic mass is 32.2. The van der Waals surface area contributed by atoms with Crippen LogP contribution < -0.4 is 9.44 Å². The number of ether oxygens (including phenoxy) is 1. The van der Waals surface area contributed by atoms with Gasteiger partial charge < -0.3 is 4.74 Å². The minimum Gasteiger partial charge on any atom is -0.465 e. The predicted molar refractivity (Wildman–Crippen MR) is 110 cm³/mol. The first-order chi connectivity index (χ1) is 14.5. The zero-order chi connectivity index (χ0) is 22.8. The van der Waals surface area contributed by atoms with Crippen LogP contribution in [0.2, 0.25) is 0 Å². The Labute approximate surface area is 180 Å². The number of carbonyl (C=O) groups is 1. The summed E-state index contributed by atoms with van der Waals surface area (Å²) in [7, 11) is -7.18. The molecule has 0 amide bonds. The molecule has 2 aromatic carbocycles. The van der Waals surface area contributed by atoms with Crippen molar-refractivity contribution in [3.05, 3.63) is 70.4 Å². The van der Waals surface area contributed by atoms with Gasteiger partial charge in [0, 0.05) is 11.4 Å². The minimum absolute atomic E-state index is 0.0541. The summed E-state index contributed by atoms with van der Waals surface area (Å²) >= 11 is 0.908. The van der Waals surface area contributed by atoms with Gasteiger partial charge in [0.1, 0.15) is 9.77 Å². The van der Waals surface area contributed by atoms with E-state index >= 15 is 0 Å². The molecule has 0 unspecified atom stereocenters. The highest BCUT2D eigenvalue weighted by molar-refractivity contribution is 7.93. The summed E-state index contributed by atoms with van der Waals surface area (Å²) in [5.41, 5.74) is 0.149. The van der Waals surface area contributed by atoms with Crippen molar-refractivity contribution >= 4 is 48.7 Å². The molecule has 0 spiro atoms. The maximum atomic E-state index is 13.3. The fourth-order valence-corrected chi connectivity index (χ4v) is 5.89. The van der Waals surface area contributed by atoms with Crippen LogP contribution in [0.5, 0.6) is 0 Å². The summed E-state index contributed by atoms with van der Waals surface area (Å²) < 4.78 is 85.1. The maximum absolute atomic E-state index is 13.3. The molecule has 0 atom stereocenters. The van der Waals surface area contributed by atoms with Crippen molar-refractivity contribution in [1.82, 2.24) is 0 Å². The molecule has 1 aromatic heterocycles. The second-order valence-electron chi connectivity index (χ2n) is 5.97. The van der Waals surface area contributed by atoms with Gasteiger partial charge in [0.15, 0.2) is 11.6 Å². The zero-order valence-electron chi connectivity index (χ0n) is 15.6. The van der Waals surface area contributed by atoms with E-state index < -0.39 is 42.5 Å². The van der Waals surface area contributed by atoms with Crippen LogP contribution in [0.1, 0.15) is 9.67 Å². The lowest BCUT2D eigenvalue weighted by Gasteiger charge is -2.11. The number of hydrogen-bond acceptors (Lipinski definition) is 7. The third-order valence-corrected chi connectivity index (χ3v) is 7.71. The van der Waals surface area contributed by atoms with Crippen molar-refractivity contribution in [3.63, 3.8) is 0 Å². The molecule has 2 N–H and O–H groups in total. The number of methoxy groups -OCH3 is 1. The molecule has 0 aliphatic heterocycles. The first-order valence-electron chi connectivity index (χ1n) is 8.30. The second kappa shape index (κ2) is 8.61. The van der Waals surface area contributed by atoms with E-state index in [1.807, 2.05) is 0 Å². The summed E-state index contributed by atoms with van der Waals surface area (Å²) in [6.45, 7) is 0. The standard InChI is InChI=1S/C18H14F2N2O6S3/c1-28-18(23)17-16(8-9-29-17)31(26,27)22-12-4-2-11(3-5-12)21-30(24,25)13-6-7-14(19)15(20)10-13/h2-10,21-22H,1H3. The van der Waals surface area contributed by atoms with Crippen molar-refractivity contribution in [3.8, 4) is 0 Å². The second-order valence-corrected chi connectivity index (χ2v) is 10.2. The van der Waals surface area contributed by atoms with Gasteiger partial charge >= 0.3 is 5.97 Å². The van der Waals surface area contributed by atoms with Gasteiger partial charge in [-0.2, -0.15) is 0 Å². The van der Waals surface area contributed by atoms with E-state index in [1.165, 1.54) is 35.7 Å². The number of rotatable bonds is 7. The van der Waals surface area contributed by atoms with Crippen molar-refractivity contribution in [1.29, 1.82) is 0 Å². The smallest absolute Gasteiger partial charge is 0.349 e. The van der Waals surface area contributed by atoms with Crippen molar-refractivity contribution in [2.24, 2.45) is 0 Å². The molecular weight excluding hydrogens is 474 g/mol. The van der Waals surface area contributed by atoms with Crippen LogP contribution in [0, 0.1) is 11.6 Å². The summed E-state index contributed by atoms with van der Waals surface area (Å²) in [4.78, 5) is 10.9. The fourth-order valence-electron chi connectivity index (χ4n) is 2.43. The van der Waals surface area contributed by atoms with Crippen LogP contribution in [-0.4, -0.2) is 29.9 Å². The molecule has 3 rings (SSSR count). The Balaban J connectivity index is 1.78. The summed E-state index contributed by atoms with van der Waals surface area (Å²) in [6.07, 6.45) is 0. The molecule has 8 nitrogen and oxygen atoms in total. The predicted octanol–water partition coefficient (Wildman–Crippen LogP) is 3.41. The van der Waals surface area contributed by atoms with Crippen LogP contribution in [-0.2, 0) is 24.8 Å². The van der Waals surface area contributed by atoms with Gasteiger partial charge in [-0.05, 0) is 53.9 Å². The Morgan fingerprint density at radius 2 is 1.45 bits per heavy atom. The molecule has 3 aromatic rings. The molecule has 0 aliphatic carbocycles.